The fourth-order valence-corrected chi connectivity index (χ4v) is 3.56. The highest BCUT2D eigenvalue weighted by atomic mass is 32.1. The van der Waals surface area contributed by atoms with E-state index in [9.17, 15) is 9.59 Å². The van der Waals surface area contributed by atoms with Gasteiger partial charge < -0.3 is 19.4 Å². The Balaban J connectivity index is 1.51. The van der Waals surface area contributed by atoms with Gasteiger partial charge in [-0.3, -0.25) is 9.59 Å². The van der Waals surface area contributed by atoms with Crippen molar-refractivity contribution < 1.29 is 14.3 Å². The molecule has 0 radical (unpaired) electrons. The highest BCUT2D eigenvalue weighted by Gasteiger charge is 2.15. The number of hydrogen-bond acceptors (Lipinski definition) is 5. The lowest BCUT2D eigenvalue weighted by atomic mass is 10.1. The molecule has 3 rings (SSSR count). The van der Waals surface area contributed by atoms with Gasteiger partial charge in [-0.1, -0.05) is 17.4 Å². The Morgan fingerprint density at radius 2 is 2.08 bits per heavy atom. The normalized spacial score (nSPS) is 14.2. The first-order valence-corrected chi connectivity index (χ1v) is 9.26. The van der Waals surface area contributed by atoms with Crippen LogP contribution >= 0.6 is 11.3 Å². The summed E-state index contributed by atoms with van der Waals surface area (Å²) in [6.45, 7) is 5.52. The van der Waals surface area contributed by atoms with Crippen LogP contribution in [0.4, 0.5) is 0 Å². The van der Waals surface area contributed by atoms with Crippen LogP contribution in [0, 0.1) is 6.92 Å². The van der Waals surface area contributed by atoms with Crippen molar-refractivity contribution in [2.75, 3.05) is 13.2 Å². The Labute approximate surface area is 150 Å². The number of nitrogens with one attached hydrogen (secondary N) is 1. The van der Waals surface area contributed by atoms with Gasteiger partial charge in [-0.2, -0.15) is 0 Å². The van der Waals surface area contributed by atoms with Gasteiger partial charge >= 0.3 is 4.87 Å². The molecule has 1 aliphatic heterocycles. The van der Waals surface area contributed by atoms with E-state index in [2.05, 4.69) is 5.32 Å². The molecule has 0 saturated heterocycles. The van der Waals surface area contributed by atoms with E-state index < -0.39 is 0 Å². The summed E-state index contributed by atoms with van der Waals surface area (Å²) >= 11 is 1.19. The van der Waals surface area contributed by atoms with Crippen molar-refractivity contribution >= 4 is 17.2 Å². The highest BCUT2D eigenvalue weighted by Crippen LogP contribution is 2.32. The monoisotopic (exact) mass is 362 g/mol. The molecular weight excluding hydrogens is 340 g/mol. The third kappa shape index (κ3) is 4.22. The number of aromatic nitrogens is 1. The van der Waals surface area contributed by atoms with Crippen molar-refractivity contribution in [1.29, 1.82) is 0 Å². The lowest BCUT2D eigenvalue weighted by Crippen LogP contribution is -2.27. The second kappa shape index (κ2) is 7.74. The van der Waals surface area contributed by atoms with Crippen LogP contribution in [-0.2, 0) is 11.3 Å². The minimum Gasteiger partial charge on any atom is -0.486 e. The zero-order valence-electron chi connectivity index (χ0n) is 14.4. The van der Waals surface area contributed by atoms with E-state index in [1.165, 1.54) is 11.3 Å². The molecule has 0 unspecified atom stereocenters. The molecule has 1 aromatic carbocycles. The van der Waals surface area contributed by atoms with Crippen LogP contribution in [0.15, 0.2) is 28.4 Å². The van der Waals surface area contributed by atoms with E-state index >= 15 is 0 Å². The van der Waals surface area contributed by atoms with Crippen molar-refractivity contribution in [3.8, 4) is 11.5 Å². The van der Waals surface area contributed by atoms with Gasteiger partial charge in [0.25, 0.3) is 0 Å². The van der Waals surface area contributed by atoms with Crippen LogP contribution in [0.2, 0.25) is 0 Å². The lowest BCUT2D eigenvalue weighted by Gasteiger charge is -2.21. The third-order valence-corrected chi connectivity index (χ3v) is 5.09. The summed E-state index contributed by atoms with van der Waals surface area (Å²) in [5, 5.41) is 4.83. The smallest absolute Gasteiger partial charge is 0.307 e. The summed E-state index contributed by atoms with van der Waals surface area (Å²) in [6.07, 6.45) is 1.02. The van der Waals surface area contributed by atoms with Crippen molar-refractivity contribution in [3.63, 3.8) is 0 Å². The summed E-state index contributed by atoms with van der Waals surface area (Å²) in [6, 6.07) is 5.60. The molecule has 25 heavy (non-hydrogen) atoms. The molecular formula is C18H22N2O4S. The van der Waals surface area contributed by atoms with E-state index in [1.807, 2.05) is 37.4 Å². The average Bonchev–Trinajstić information content (AvgIpc) is 2.93. The van der Waals surface area contributed by atoms with Gasteiger partial charge in [0, 0.05) is 24.0 Å². The van der Waals surface area contributed by atoms with E-state index in [4.69, 9.17) is 9.47 Å². The van der Waals surface area contributed by atoms with Crippen molar-refractivity contribution in [3.05, 3.63) is 44.5 Å². The Hall–Kier alpha value is -2.28. The van der Waals surface area contributed by atoms with Crippen LogP contribution in [-0.4, -0.2) is 23.7 Å². The average molecular weight is 362 g/mol. The van der Waals surface area contributed by atoms with Crippen LogP contribution < -0.4 is 19.7 Å². The number of ether oxygens (including phenoxy) is 2. The first-order valence-electron chi connectivity index (χ1n) is 8.38. The zero-order chi connectivity index (χ0) is 17.8. The summed E-state index contributed by atoms with van der Waals surface area (Å²) in [4.78, 5) is 23.8. The molecule has 1 aliphatic rings. The summed E-state index contributed by atoms with van der Waals surface area (Å²) < 4.78 is 12.8. The number of carbonyl (C=O) groups is 1. The molecule has 0 saturated carbocycles. The molecule has 0 aliphatic carbocycles. The van der Waals surface area contributed by atoms with Gasteiger partial charge in [-0.25, -0.2) is 0 Å². The zero-order valence-corrected chi connectivity index (χ0v) is 15.2. The van der Waals surface area contributed by atoms with Gasteiger partial charge in [0.15, 0.2) is 11.5 Å². The van der Waals surface area contributed by atoms with Gasteiger partial charge in [-0.15, -0.1) is 0 Å². The molecule has 134 valence electrons. The minimum atomic E-state index is -0.117. The van der Waals surface area contributed by atoms with E-state index in [0.717, 1.165) is 22.8 Å². The fraction of sp³-hybridized carbons (Fsp3) is 0.444. The number of rotatable bonds is 6. The summed E-state index contributed by atoms with van der Waals surface area (Å²) in [5.41, 5.74) is 1.92. The minimum absolute atomic E-state index is 0.0247. The number of thiazole rings is 1. The largest absolute Gasteiger partial charge is 0.486 e. The maximum atomic E-state index is 12.2. The van der Waals surface area contributed by atoms with Gasteiger partial charge in [0.1, 0.15) is 13.2 Å². The van der Waals surface area contributed by atoms with Crippen LogP contribution in [0.3, 0.4) is 0 Å². The lowest BCUT2D eigenvalue weighted by molar-refractivity contribution is -0.121. The standard InChI is InChI=1S/C18H22N2O4S/c1-12-11-25-18(22)20(12)7-3-4-17(21)19-13(2)14-5-6-15-16(10-14)24-9-8-23-15/h5-6,10-11,13H,3-4,7-9H2,1-2H3,(H,19,21)/t13-/m1/s1. The Morgan fingerprint density at radius 1 is 1.32 bits per heavy atom. The van der Waals surface area contributed by atoms with Gasteiger partial charge in [0.05, 0.1) is 6.04 Å². The third-order valence-electron chi connectivity index (χ3n) is 4.21. The predicted molar refractivity (Wildman–Crippen MR) is 96.5 cm³/mol. The number of nitrogens with zero attached hydrogens (tertiary/aromatic N) is 1. The Bertz CT molecular complexity index is 812. The maximum Gasteiger partial charge on any atom is 0.307 e. The number of hydrogen-bond donors (Lipinski definition) is 1. The first kappa shape index (κ1) is 17.5. The van der Waals surface area contributed by atoms with Gasteiger partial charge in [0.2, 0.25) is 5.91 Å². The first-order chi connectivity index (χ1) is 12.0. The van der Waals surface area contributed by atoms with Crippen molar-refractivity contribution in [1.82, 2.24) is 9.88 Å². The van der Waals surface area contributed by atoms with Gasteiger partial charge in [-0.05, 0) is 38.0 Å². The Morgan fingerprint density at radius 3 is 2.80 bits per heavy atom. The SMILES string of the molecule is Cc1csc(=O)n1CCCC(=O)N[C@H](C)c1ccc2c(c1)OCCO2. The van der Waals surface area contributed by atoms with Crippen LogP contribution in [0.25, 0.3) is 0 Å². The Kier molecular flexibility index (Phi) is 5.43. The molecule has 1 aromatic heterocycles. The number of benzene rings is 1. The van der Waals surface area contributed by atoms with Crippen LogP contribution in [0.1, 0.15) is 37.1 Å². The molecule has 1 amide bonds. The van der Waals surface area contributed by atoms with E-state index in [-0.39, 0.29) is 16.8 Å². The molecule has 7 heteroatoms. The van der Waals surface area contributed by atoms with Crippen molar-refractivity contribution in [2.45, 2.75) is 39.3 Å². The molecule has 1 N–H and O–H groups in total. The summed E-state index contributed by atoms with van der Waals surface area (Å²) in [5.74, 6) is 1.44. The predicted octanol–water partition coefficient (Wildman–Crippen LogP) is 2.65. The molecule has 0 bridgehead atoms. The van der Waals surface area contributed by atoms with Crippen molar-refractivity contribution in [2.24, 2.45) is 0 Å². The molecule has 1 atom stereocenters. The number of amides is 1. The molecule has 2 heterocycles. The molecule has 6 nitrogen and oxygen atoms in total. The molecule has 0 spiro atoms. The number of aryl methyl sites for hydroxylation is 1. The second-order valence-electron chi connectivity index (χ2n) is 6.09. The molecule has 2 aromatic rings. The van der Waals surface area contributed by atoms with E-state index in [1.54, 1.807) is 4.57 Å². The quantitative estimate of drug-likeness (QED) is 0.858. The second-order valence-corrected chi connectivity index (χ2v) is 6.91. The summed E-state index contributed by atoms with van der Waals surface area (Å²) in [7, 11) is 0. The highest BCUT2D eigenvalue weighted by molar-refractivity contribution is 7.07. The fourth-order valence-electron chi connectivity index (χ4n) is 2.80. The number of carbonyl (C=O) groups excluding carboxylic acids is 1. The van der Waals surface area contributed by atoms with E-state index in [0.29, 0.717) is 32.6 Å². The number of fused-ring (bicyclic) bond motifs is 1. The van der Waals surface area contributed by atoms with Crippen LogP contribution in [0.5, 0.6) is 11.5 Å². The maximum absolute atomic E-state index is 12.2. The topological polar surface area (TPSA) is 69.6 Å². The molecule has 0 fully saturated rings.